The molecule has 1 amide bonds. The molecule has 3 N–H and O–H groups in total. The molecule has 0 aromatic carbocycles. The zero-order valence-corrected chi connectivity index (χ0v) is 12.7. The number of amides is 1. The van der Waals surface area contributed by atoms with Gasteiger partial charge in [-0.25, -0.2) is 0 Å². The van der Waals surface area contributed by atoms with E-state index in [0.717, 1.165) is 11.4 Å². The Hall–Kier alpha value is -2.11. The third kappa shape index (κ3) is 2.84. The van der Waals surface area contributed by atoms with Gasteiger partial charge in [-0.2, -0.15) is 0 Å². The summed E-state index contributed by atoms with van der Waals surface area (Å²) in [7, 11) is 1.72. The molecule has 1 aliphatic carbocycles. The number of rotatable bonds is 4. The zero-order valence-electron chi connectivity index (χ0n) is 12.7. The first-order valence-electron chi connectivity index (χ1n) is 7.05. The third-order valence-electron chi connectivity index (χ3n) is 4.09. The summed E-state index contributed by atoms with van der Waals surface area (Å²) in [4.78, 5) is 18.7. The summed E-state index contributed by atoms with van der Waals surface area (Å²) in [6, 6.07) is 5.72. The molecule has 0 spiro atoms. The van der Waals surface area contributed by atoms with Crippen molar-refractivity contribution in [2.75, 3.05) is 7.05 Å². The Bertz CT molecular complexity index is 565. The first kappa shape index (κ1) is 15.3. The molecule has 21 heavy (non-hydrogen) atoms. The van der Waals surface area contributed by atoms with Crippen molar-refractivity contribution in [3.63, 3.8) is 0 Å². The van der Waals surface area contributed by atoms with E-state index in [9.17, 15) is 4.79 Å². The highest BCUT2D eigenvalue weighted by atomic mass is 16.4. The van der Waals surface area contributed by atoms with E-state index in [-0.39, 0.29) is 11.7 Å². The number of carbonyl (C=O) groups is 1. The second-order valence-corrected chi connectivity index (χ2v) is 6.01. The van der Waals surface area contributed by atoms with Crippen LogP contribution in [0.25, 0.3) is 0 Å². The van der Waals surface area contributed by atoms with Gasteiger partial charge < -0.3 is 15.8 Å². The predicted octanol–water partition coefficient (Wildman–Crippen LogP) is 1.51. The van der Waals surface area contributed by atoms with Crippen LogP contribution in [0.3, 0.4) is 0 Å². The van der Waals surface area contributed by atoms with Gasteiger partial charge in [0.25, 0.3) is 0 Å². The number of hydrogen-bond donors (Lipinski definition) is 2. The largest absolute Gasteiger partial charge is 0.409 e. The Labute approximate surface area is 124 Å². The SMILES string of the molecule is Cc1cccc(CN(C)C(=O)C2(/C(N)=N/O)CC(C)C2)n1. The van der Waals surface area contributed by atoms with E-state index >= 15 is 0 Å². The van der Waals surface area contributed by atoms with Gasteiger partial charge in [0.05, 0.1) is 12.2 Å². The summed E-state index contributed by atoms with van der Waals surface area (Å²) in [6.07, 6.45) is 1.24. The number of nitrogens with zero attached hydrogens (tertiary/aromatic N) is 3. The summed E-state index contributed by atoms with van der Waals surface area (Å²) in [6.45, 7) is 4.38. The standard InChI is InChI=1S/C15H22N4O2/c1-10-7-15(8-10,13(16)18-21)14(20)19(3)9-12-6-4-5-11(2)17-12/h4-6,10,21H,7-9H2,1-3H3,(H2,16,18). The lowest BCUT2D eigenvalue weighted by Crippen LogP contribution is -2.56. The number of aromatic nitrogens is 1. The van der Waals surface area contributed by atoms with Crippen LogP contribution in [-0.2, 0) is 11.3 Å². The maximum Gasteiger partial charge on any atom is 0.236 e. The van der Waals surface area contributed by atoms with Crippen LogP contribution in [0.15, 0.2) is 23.4 Å². The molecule has 6 heteroatoms. The fourth-order valence-electron chi connectivity index (χ4n) is 3.09. The molecule has 0 atom stereocenters. The Balaban J connectivity index is 2.14. The van der Waals surface area contributed by atoms with E-state index in [1.54, 1.807) is 11.9 Å². The lowest BCUT2D eigenvalue weighted by atomic mass is 9.61. The molecule has 0 unspecified atom stereocenters. The summed E-state index contributed by atoms with van der Waals surface area (Å²) >= 11 is 0. The average molecular weight is 290 g/mol. The van der Waals surface area contributed by atoms with E-state index in [1.807, 2.05) is 25.1 Å². The highest BCUT2D eigenvalue weighted by molar-refractivity contribution is 6.07. The molecular formula is C15H22N4O2. The smallest absolute Gasteiger partial charge is 0.236 e. The number of aryl methyl sites for hydroxylation is 1. The molecule has 1 aromatic rings. The maximum absolute atomic E-state index is 12.7. The van der Waals surface area contributed by atoms with Gasteiger partial charge in [-0.15, -0.1) is 0 Å². The summed E-state index contributed by atoms with van der Waals surface area (Å²) in [5, 5.41) is 12.0. The van der Waals surface area contributed by atoms with Crippen LogP contribution >= 0.6 is 0 Å². The average Bonchev–Trinajstić information content (AvgIpc) is 2.42. The van der Waals surface area contributed by atoms with Gasteiger partial charge in [0.15, 0.2) is 5.84 Å². The van der Waals surface area contributed by atoms with Crippen molar-refractivity contribution in [1.29, 1.82) is 0 Å². The molecule has 1 fully saturated rings. The van der Waals surface area contributed by atoms with Crippen LogP contribution in [0.5, 0.6) is 0 Å². The topological polar surface area (TPSA) is 91.8 Å². The van der Waals surface area contributed by atoms with E-state index in [2.05, 4.69) is 17.1 Å². The molecule has 1 aromatic heterocycles. The normalized spacial score (nSPS) is 25.3. The van der Waals surface area contributed by atoms with Gasteiger partial charge in [-0.3, -0.25) is 9.78 Å². The minimum atomic E-state index is -0.854. The molecule has 0 radical (unpaired) electrons. The summed E-state index contributed by atoms with van der Waals surface area (Å²) < 4.78 is 0. The minimum Gasteiger partial charge on any atom is -0.409 e. The highest BCUT2D eigenvalue weighted by Crippen LogP contribution is 2.47. The zero-order chi connectivity index (χ0) is 15.6. The van der Waals surface area contributed by atoms with Crippen molar-refractivity contribution >= 4 is 11.7 Å². The van der Waals surface area contributed by atoms with Gasteiger partial charge in [-0.1, -0.05) is 18.1 Å². The third-order valence-corrected chi connectivity index (χ3v) is 4.09. The van der Waals surface area contributed by atoms with E-state index in [4.69, 9.17) is 10.9 Å². The van der Waals surface area contributed by atoms with Crippen molar-refractivity contribution in [1.82, 2.24) is 9.88 Å². The Morgan fingerprint density at radius 1 is 1.57 bits per heavy atom. The molecule has 6 nitrogen and oxygen atoms in total. The lowest BCUT2D eigenvalue weighted by Gasteiger charge is -2.45. The molecule has 0 saturated heterocycles. The fourth-order valence-corrected chi connectivity index (χ4v) is 3.09. The van der Waals surface area contributed by atoms with Crippen molar-refractivity contribution in [2.24, 2.45) is 22.2 Å². The van der Waals surface area contributed by atoms with Crippen molar-refractivity contribution < 1.29 is 10.0 Å². The van der Waals surface area contributed by atoms with Crippen LogP contribution in [0, 0.1) is 18.3 Å². The van der Waals surface area contributed by atoms with Crippen LogP contribution in [0.4, 0.5) is 0 Å². The number of carbonyl (C=O) groups excluding carboxylic acids is 1. The first-order valence-corrected chi connectivity index (χ1v) is 7.05. The number of pyridine rings is 1. The quantitative estimate of drug-likeness (QED) is 0.380. The van der Waals surface area contributed by atoms with E-state index < -0.39 is 5.41 Å². The maximum atomic E-state index is 12.7. The van der Waals surface area contributed by atoms with E-state index in [1.165, 1.54) is 0 Å². The number of amidine groups is 1. The Kier molecular flexibility index (Phi) is 4.16. The van der Waals surface area contributed by atoms with Gasteiger partial charge in [0.1, 0.15) is 5.41 Å². The van der Waals surface area contributed by atoms with Crippen LogP contribution < -0.4 is 5.73 Å². The molecule has 0 bridgehead atoms. The van der Waals surface area contributed by atoms with Gasteiger partial charge in [0, 0.05) is 12.7 Å². The van der Waals surface area contributed by atoms with Crippen LogP contribution in [0.2, 0.25) is 0 Å². The molecule has 1 aliphatic rings. The summed E-state index contributed by atoms with van der Waals surface area (Å²) in [5.74, 6) is 0.300. The highest BCUT2D eigenvalue weighted by Gasteiger charge is 2.53. The van der Waals surface area contributed by atoms with Gasteiger partial charge in [-0.05, 0) is 37.8 Å². The molecule has 1 saturated carbocycles. The van der Waals surface area contributed by atoms with Gasteiger partial charge in [0.2, 0.25) is 5.91 Å². The van der Waals surface area contributed by atoms with Crippen molar-refractivity contribution in [2.45, 2.75) is 33.2 Å². The number of hydrogen-bond acceptors (Lipinski definition) is 4. The van der Waals surface area contributed by atoms with Crippen molar-refractivity contribution in [3.05, 3.63) is 29.6 Å². The van der Waals surface area contributed by atoms with Crippen LogP contribution in [-0.4, -0.2) is 33.9 Å². The van der Waals surface area contributed by atoms with E-state index in [0.29, 0.717) is 25.3 Å². The molecule has 1 heterocycles. The minimum absolute atomic E-state index is 0.00894. The molecular weight excluding hydrogens is 268 g/mol. The number of nitrogens with two attached hydrogens (primary N) is 1. The molecule has 0 aliphatic heterocycles. The summed E-state index contributed by atoms with van der Waals surface area (Å²) in [5.41, 5.74) is 6.65. The first-order chi connectivity index (χ1) is 9.89. The Morgan fingerprint density at radius 2 is 2.24 bits per heavy atom. The monoisotopic (exact) mass is 290 g/mol. The molecule has 2 rings (SSSR count). The second-order valence-electron chi connectivity index (χ2n) is 6.01. The fraction of sp³-hybridized carbons (Fsp3) is 0.533. The second kappa shape index (κ2) is 5.71. The molecule has 114 valence electrons. The van der Waals surface area contributed by atoms with Gasteiger partial charge >= 0.3 is 0 Å². The number of oxime groups is 1. The Morgan fingerprint density at radius 3 is 2.76 bits per heavy atom. The van der Waals surface area contributed by atoms with Crippen LogP contribution in [0.1, 0.15) is 31.2 Å². The van der Waals surface area contributed by atoms with Crippen molar-refractivity contribution in [3.8, 4) is 0 Å². The lowest BCUT2D eigenvalue weighted by molar-refractivity contribution is -0.143. The predicted molar refractivity (Wildman–Crippen MR) is 79.7 cm³/mol.